The van der Waals surface area contributed by atoms with Gasteiger partial charge in [0.2, 0.25) is 0 Å². The summed E-state index contributed by atoms with van der Waals surface area (Å²) in [5.74, 6) is 0.717. The van der Waals surface area contributed by atoms with Crippen LogP contribution < -0.4 is 4.74 Å². The SMILES string of the molecule is CCOc1c(C(C)c2nc(-c3cccc(O)c3)c3c(Cl)nccn23)cc(Cl)c(C)c1-c1ccc(C(F)(F)F)nc1. The van der Waals surface area contributed by atoms with Gasteiger partial charge in [0.25, 0.3) is 0 Å². The Morgan fingerprint density at radius 2 is 1.85 bits per heavy atom. The number of aromatic nitrogens is 4. The van der Waals surface area contributed by atoms with Crippen molar-refractivity contribution >= 4 is 28.7 Å². The molecule has 0 aliphatic heterocycles. The Morgan fingerprint density at radius 1 is 1.07 bits per heavy atom. The Bertz CT molecular complexity index is 1720. The van der Waals surface area contributed by atoms with Crippen LogP contribution in [0.5, 0.6) is 11.5 Å². The Kier molecular flexibility index (Phi) is 7.37. The minimum atomic E-state index is -4.56. The normalized spacial score (nSPS) is 12.6. The van der Waals surface area contributed by atoms with Gasteiger partial charge in [-0.1, -0.05) is 48.3 Å². The average molecular weight is 587 g/mol. The summed E-state index contributed by atoms with van der Waals surface area (Å²) < 4.78 is 47.5. The molecule has 0 fully saturated rings. The van der Waals surface area contributed by atoms with Crippen molar-refractivity contribution in [1.82, 2.24) is 19.4 Å². The lowest BCUT2D eigenvalue weighted by molar-refractivity contribution is -0.141. The highest BCUT2D eigenvalue weighted by Gasteiger charge is 2.33. The first-order chi connectivity index (χ1) is 19.0. The number of pyridine rings is 1. The van der Waals surface area contributed by atoms with E-state index in [1.807, 2.05) is 24.3 Å². The predicted octanol–water partition coefficient (Wildman–Crippen LogP) is 8.35. The second-order valence-corrected chi connectivity index (χ2v) is 9.93. The number of hydrogen-bond donors (Lipinski definition) is 1. The van der Waals surface area contributed by atoms with Gasteiger partial charge >= 0.3 is 6.18 Å². The number of benzene rings is 2. The molecule has 0 bridgehead atoms. The van der Waals surface area contributed by atoms with E-state index in [4.69, 9.17) is 32.9 Å². The number of fused-ring (bicyclic) bond motifs is 1. The largest absolute Gasteiger partial charge is 0.508 e. The molecule has 2 aromatic carbocycles. The van der Waals surface area contributed by atoms with Crippen LogP contribution in [0.4, 0.5) is 13.2 Å². The zero-order valence-corrected chi connectivity index (χ0v) is 23.1. The smallest absolute Gasteiger partial charge is 0.433 e. The number of ether oxygens (including phenoxy) is 1. The summed E-state index contributed by atoms with van der Waals surface area (Å²) in [5.41, 5.74) is 3.04. The minimum absolute atomic E-state index is 0.0759. The van der Waals surface area contributed by atoms with Gasteiger partial charge in [0.05, 0.1) is 12.3 Å². The van der Waals surface area contributed by atoms with Crippen LogP contribution in [-0.2, 0) is 6.18 Å². The number of alkyl halides is 3. The standard InChI is InChI=1S/C29H23Cl2F3N4O2/c1-4-40-26-20(13-21(30)16(3)23(26)18-8-9-22(36-14-18)29(32,33)34)15(2)28-37-24(17-6-5-7-19(39)12-17)25-27(31)35-10-11-38(25)28/h5-15,39H,4H2,1-3H3. The maximum atomic E-state index is 13.2. The third-order valence-electron chi connectivity index (χ3n) is 6.65. The molecular weight excluding hydrogens is 564 g/mol. The number of hydrogen-bond acceptors (Lipinski definition) is 5. The minimum Gasteiger partial charge on any atom is -0.508 e. The van der Waals surface area contributed by atoms with Crippen LogP contribution in [0.15, 0.2) is 61.1 Å². The third-order valence-corrected chi connectivity index (χ3v) is 7.32. The summed E-state index contributed by atoms with van der Waals surface area (Å²) in [6, 6.07) is 10.8. The zero-order valence-electron chi connectivity index (χ0n) is 21.6. The number of imidazole rings is 1. The fourth-order valence-electron chi connectivity index (χ4n) is 4.75. The summed E-state index contributed by atoms with van der Waals surface area (Å²) in [6.45, 7) is 5.83. The Morgan fingerprint density at radius 3 is 2.50 bits per heavy atom. The van der Waals surface area contributed by atoms with Crippen LogP contribution in [0, 0.1) is 6.92 Å². The molecule has 0 spiro atoms. The second kappa shape index (κ2) is 10.6. The van der Waals surface area contributed by atoms with Crippen LogP contribution >= 0.6 is 23.2 Å². The molecule has 1 unspecified atom stereocenters. The van der Waals surface area contributed by atoms with Crippen LogP contribution in [-0.4, -0.2) is 31.1 Å². The second-order valence-electron chi connectivity index (χ2n) is 9.17. The van der Waals surface area contributed by atoms with Gasteiger partial charge in [-0.3, -0.25) is 9.38 Å². The number of aromatic hydroxyl groups is 1. The molecule has 11 heteroatoms. The zero-order chi connectivity index (χ0) is 28.8. The maximum Gasteiger partial charge on any atom is 0.433 e. The molecule has 0 saturated carbocycles. The molecule has 0 saturated heterocycles. The molecule has 0 radical (unpaired) electrons. The molecule has 0 aliphatic rings. The third kappa shape index (κ3) is 4.95. The van der Waals surface area contributed by atoms with Gasteiger partial charge in [0.1, 0.15) is 28.5 Å². The Labute approximate surface area is 238 Å². The van der Waals surface area contributed by atoms with Gasteiger partial charge in [0.15, 0.2) is 5.15 Å². The fourth-order valence-corrected chi connectivity index (χ4v) is 5.20. The summed E-state index contributed by atoms with van der Waals surface area (Å²) in [6.07, 6.45) is -0.0855. The number of nitrogens with zero attached hydrogens (tertiary/aromatic N) is 4. The topological polar surface area (TPSA) is 72.5 Å². The van der Waals surface area contributed by atoms with E-state index in [-0.39, 0.29) is 10.9 Å². The molecule has 5 aromatic rings. The highest BCUT2D eigenvalue weighted by atomic mass is 35.5. The van der Waals surface area contributed by atoms with Crippen LogP contribution in [0.25, 0.3) is 27.9 Å². The van der Waals surface area contributed by atoms with Crippen LogP contribution in [0.3, 0.4) is 0 Å². The summed E-state index contributed by atoms with van der Waals surface area (Å²) in [7, 11) is 0. The van der Waals surface area contributed by atoms with E-state index in [0.717, 1.165) is 6.07 Å². The van der Waals surface area contributed by atoms with E-state index in [2.05, 4.69) is 9.97 Å². The Hall–Kier alpha value is -3.82. The van der Waals surface area contributed by atoms with Crippen LogP contribution in [0.2, 0.25) is 10.2 Å². The lowest BCUT2D eigenvalue weighted by Crippen LogP contribution is -2.09. The number of halogens is 5. The molecular formula is C29H23Cl2F3N4O2. The maximum absolute atomic E-state index is 13.2. The van der Waals surface area contributed by atoms with Crippen LogP contribution in [0.1, 0.15) is 42.4 Å². The lowest BCUT2D eigenvalue weighted by atomic mass is 9.91. The summed E-state index contributed by atoms with van der Waals surface area (Å²) in [5, 5.41) is 10.7. The van der Waals surface area contributed by atoms with Gasteiger partial charge in [-0.05, 0) is 43.7 Å². The first-order valence-corrected chi connectivity index (χ1v) is 13.1. The van der Waals surface area contributed by atoms with E-state index in [9.17, 15) is 18.3 Å². The number of rotatable bonds is 6. The van der Waals surface area contributed by atoms with Gasteiger partial charge in [-0.15, -0.1) is 0 Å². The van der Waals surface area contributed by atoms with Crippen molar-refractivity contribution in [3.8, 4) is 33.9 Å². The van der Waals surface area contributed by atoms with Gasteiger partial charge in [0, 0.05) is 51.8 Å². The number of phenolic OH excluding ortho intramolecular Hbond substituents is 1. The molecule has 40 heavy (non-hydrogen) atoms. The highest BCUT2D eigenvalue weighted by molar-refractivity contribution is 6.33. The predicted molar refractivity (Wildman–Crippen MR) is 148 cm³/mol. The molecule has 3 aromatic heterocycles. The molecule has 3 heterocycles. The molecule has 1 N–H and O–H groups in total. The summed E-state index contributed by atoms with van der Waals surface area (Å²) in [4.78, 5) is 12.8. The monoisotopic (exact) mass is 586 g/mol. The highest BCUT2D eigenvalue weighted by Crippen LogP contribution is 2.45. The first kappa shape index (κ1) is 27.7. The summed E-state index contributed by atoms with van der Waals surface area (Å²) >= 11 is 13.2. The van der Waals surface area contributed by atoms with Crippen molar-refractivity contribution in [3.05, 3.63) is 93.9 Å². The van der Waals surface area contributed by atoms with E-state index >= 15 is 0 Å². The van der Waals surface area contributed by atoms with Crippen molar-refractivity contribution in [2.45, 2.75) is 32.9 Å². The molecule has 0 amide bonds. The number of phenols is 1. The first-order valence-electron chi connectivity index (χ1n) is 12.3. The molecule has 1 atom stereocenters. The quantitative estimate of drug-likeness (QED) is 0.216. The van der Waals surface area contributed by atoms with Gasteiger partial charge in [-0.2, -0.15) is 13.2 Å². The van der Waals surface area contributed by atoms with Gasteiger partial charge < -0.3 is 9.84 Å². The van der Waals surface area contributed by atoms with E-state index < -0.39 is 17.8 Å². The van der Waals surface area contributed by atoms with E-state index in [0.29, 0.717) is 62.2 Å². The van der Waals surface area contributed by atoms with Crippen molar-refractivity contribution in [2.75, 3.05) is 6.61 Å². The lowest BCUT2D eigenvalue weighted by Gasteiger charge is -2.22. The van der Waals surface area contributed by atoms with Crippen molar-refractivity contribution in [3.63, 3.8) is 0 Å². The van der Waals surface area contributed by atoms with Crippen molar-refractivity contribution < 1.29 is 23.0 Å². The van der Waals surface area contributed by atoms with Crippen molar-refractivity contribution in [1.29, 1.82) is 0 Å². The molecule has 6 nitrogen and oxygen atoms in total. The molecule has 0 aliphatic carbocycles. The Balaban J connectivity index is 1.73. The molecule has 206 valence electrons. The van der Waals surface area contributed by atoms with E-state index in [1.165, 1.54) is 12.3 Å². The average Bonchev–Trinajstić information content (AvgIpc) is 3.31. The molecule has 5 rings (SSSR count). The fraction of sp³-hybridized carbons (Fsp3) is 0.207. The van der Waals surface area contributed by atoms with E-state index in [1.54, 1.807) is 43.6 Å². The van der Waals surface area contributed by atoms with Gasteiger partial charge in [-0.25, -0.2) is 9.97 Å². The van der Waals surface area contributed by atoms with Crippen molar-refractivity contribution in [2.24, 2.45) is 0 Å².